The van der Waals surface area contributed by atoms with Crippen molar-refractivity contribution in [2.24, 2.45) is 5.41 Å². The van der Waals surface area contributed by atoms with Crippen LogP contribution >= 0.6 is 0 Å². The van der Waals surface area contributed by atoms with Gasteiger partial charge in [0.1, 0.15) is 0 Å². The van der Waals surface area contributed by atoms with Gasteiger partial charge in [0.15, 0.2) is 0 Å². The van der Waals surface area contributed by atoms with Crippen molar-refractivity contribution in [1.82, 2.24) is 10.2 Å². The second kappa shape index (κ2) is 4.97. The smallest absolute Gasteiger partial charge is 0.217 e. The van der Waals surface area contributed by atoms with Gasteiger partial charge in [0.05, 0.1) is 0 Å². The van der Waals surface area contributed by atoms with E-state index >= 15 is 0 Å². The number of carbonyl (C=O) groups is 1. The Kier molecular flexibility index (Phi) is 4.14. The Balaban J connectivity index is 2.22. The summed E-state index contributed by atoms with van der Waals surface area (Å²) in [5, 5.41) is 2.99. The number of likely N-dealkylation sites (tertiary alicyclic amines) is 1. The molecule has 1 aliphatic heterocycles. The minimum Gasteiger partial charge on any atom is -0.352 e. The van der Waals surface area contributed by atoms with Crippen LogP contribution in [0.1, 0.15) is 40.5 Å². The molecule has 1 N–H and O–H groups in total. The lowest BCUT2D eigenvalue weighted by atomic mass is 9.92. The number of amides is 1. The first-order valence-corrected chi connectivity index (χ1v) is 5.86. The number of hydrogen-bond acceptors (Lipinski definition) is 2. The van der Waals surface area contributed by atoms with E-state index in [1.807, 2.05) is 0 Å². The third kappa shape index (κ3) is 5.17. The molecule has 3 heteroatoms. The van der Waals surface area contributed by atoms with Gasteiger partial charge < -0.3 is 10.2 Å². The lowest BCUT2D eigenvalue weighted by Gasteiger charge is -2.23. The molecule has 88 valence electrons. The molecule has 0 aromatic rings. The third-order valence-corrected chi connectivity index (χ3v) is 2.86. The highest BCUT2D eigenvalue weighted by atomic mass is 16.1. The first kappa shape index (κ1) is 12.5. The van der Waals surface area contributed by atoms with E-state index in [9.17, 15) is 4.79 Å². The number of nitrogens with one attached hydrogen (secondary N) is 1. The van der Waals surface area contributed by atoms with Crippen molar-refractivity contribution in [1.29, 1.82) is 0 Å². The second-order valence-corrected chi connectivity index (χ2v) is 5.80. The van der Waals surface area contributed by atoms with Gasteiger partial charge in [0.2, 0.25) is 5.91 Å². The average Bonchev–Trinajstić information content (AvgIpc) is 2.46. The quantitative estimate of drug-likeness (QED) is 0.771. The molecule has 15 heavy (non-hydrogen) atoms. The largest absolute Gasteiger partial charge is 0.352 e. The molecule has 1 unspecified atom stereocenters. The predicted molar refractivity (Wildman–Crippen MR) is 62.7 cm³/mol. The molecule has 0 spiro atoms. The van der Waals surface area contributed by atoms with E-state index in [2.05, 4.69) is 31.0 Å². The zero-order valence-corrected chi connectivity index (χ0v) is 10.5. The van der Waals surface area contributed by atoms with Gasteiger partial charge in [-0.25, -0.2) is 0 Å². The fourth-order valence-corrected chi connectivity index (χ4v) is 1.93. The van der Waals surface area contributed by atoms with Crippen LogP contribution in [0.3, 0.4) is 0 Å². The van der Waals surface area contributed by atoms with E-state index in [-0.39, 0.29) is 5.91 Å². The molecule has 0 bridgehead atoms. The summed E-state index contributed by atoms with van der Waals surface area (Å²) in [6.07, 6.45) is 2.32. The Hall–Kier alpha value is -0.570. The maximum atomic E-state index is 10.9. The van der Waals surface area contributed by atoms with Gasteiger partial charge >= 0.3 is 0 Å². The molecular weight excluding hydrogens is 188 g/mol. The van der Waals surface area contributed by atoms with Crippen LogP contribution < -0.4 is 5.32 Å². The van der Waals surface area contributed by atoms with Crippen molar-refractivity contribution in [3.8, 4) is 0 Å². The van der Waals surface area contributed by atoms with Gasteiger partial charge in [0.25, 0.3) is 0 Å². The van der Waals surface area contributed by atoms with Crippen molar-refractivity contribution < 1.29 is 4.79 Å². The Morgan fingerprint density at radius 2 is 2.13 bits per heavy atom. The fraction of sp³-hybridized carbons (Fsp3) is 0.917. The molecule has 0 aliphatic carbocycles. The van der Waals surface area contributed by atoms with E-state index in [1.165, 1.54) is 6.42 Å². The SMILES string of the molecule is CC(=O)NC1CCN(CCC(C)(C)C)C1. The van der Waals surface area contributed by atoms with Gasteiger partial charge in [0, 0.05) is 26.1 Å². The van der Waals surface area contributed by atoms with Gasteiger partial charge in [-0.2, -0.15) is 0 Å². The number of hydrogen-bond donors (Lipinski definition) is 1. The monoisotopic (exact) mass is 212 g/mol. The summed E-state index contributed by atoms with van der Waals surface area (Å²) >= 11 is 0. The van der Waals surface area contributed by atoms with Crippen molar-refractivity contribution in [3.05, 3.63) is 0 Å². The Labute approximate surface area is 93.2 Å². The molecule has 1 saturated heterocycles. The third-order valence-electron chi connectivity index (χ3n) is 2.86. The van der Waals surface area contributed by atoms with E-state index < -0.39 is 0 Å². The second-order valence-electron chi connectivity index (χ2n) is 5.80. The highest BCUT2D eigenvalue weighted by molar-refractivity contribution is 5.73. The molecule has 0 aromatic heterocycles. The molecule has 3 nitrogen and oxygen atoms in total. The molecular formula is C12H24N2O. The number of nitrogens with zero attached hydrogens (tertiary/aromatic N) is 1. The molecule has 0 aromatic carbocycles. The maximum Gasteiger partial charge on any atom is 0.217 e. The molecule has 1 fully saturated rings. The average molecular weight is 212 g/mol. The summed E-state index contributed by atoms with van der Waals surface area (Å²) in [6.45, 7) is 11.7. The van der Waals surface area contributed by atoms with E-state index in [0.717, 1.165) is 26.1 Å². The molecule has 0 saturated carbocycles. The van der Waals surface area contributed by atoms with Crippen LogP contribution in [0.5, 0.6) is 0 Å². The molecule has 0 radical (unpaired) electrons. The first-order chi connectivity index (χ1) is 6.87. The van der Waals surface area contributed by atoms with Gasteiger partial charge in [-0.05, 0) is 24.8 Å². The van der Waals surface area contributed by atoms with Crippen molar-refractivity contribution in [3.63, 3.8) is 0 Å². The molecule has 1 rings (SSSR count). The molecule has 1 heterocycles. The highest BCUT2D eigenvalue weighted by Gasteiger charge is 2.23. The molecule has 1 amide bonds. The number of rotatable bonds is 3. The van der Waals surface area contributed by atoms with Crippen LogP contribution in [0.15, 0.2) is 0 Å². The van der Waals surface area contributed by atoms with Crippen LogP contribution in [0.4, 0.5) is 0 Å². The summed E-state index contributed by atoms with van der Waals surface area (Å²) in [4.78, 5) is 13.3. The van der Waals surface area contributed by atoms with Gasteiger partial charge in [-0.1, -0.05) is 20.8 Å². The minimum atomic E-state index is 0.0951. The van der Waals surface area contributed by atoms with Crippen molar-refractivity contribution >= 4 is 5.91 Å². The normalized spacial score (nSPS) is 23.1. The lowest BCUT2D eigenvalue weighted by Crippen LogP contribution is -2.36. The standard InChI is InChI=1S/C12H24N2O/c1-10(15)13-11-5-7-14(9-11)8-6-12(2,3)4/h11H,5-9H2,1-4H3,(H,13,15). The van der Waals surface area contributed by atoms with Crippen molar-refractivity contribution in [2.45, 2.75) is 46.6 Å². The topological polar surface area (TPSA) is 32.3 Å². The van der Waals surface area contributed by atoms with E-state index in [0.29, 0.717) is 11.5 Å². The zero-order valence-electron chi connectivity index (χ0n) is 10.5. The number of carbonyl (C=O) groups excluding carboxylic acids is 1. The van der Waals surface area contributed by atoms with E-state index in [1.54, 1.807) is 6.92 Å². The summed E-state index contributed by atoms with van der Waals surface area (Å²) in [5.74, 6) is 0.0951. The van der Waals surface area contributed by atoms with Crippen LogP contribution in [0.2, 0.25) is 0 Å². The summed E-state index contributed by atoms with van der Waals surface area (Å²) in [5.41, 5.74) is 0.409. The Bertz CT molecular complexity index is 220. The van der Waals surface area contributed by atoms with Crippen LogP contribution in [-0.4, -0.2) is 36.5 Å². The van der Waals surface area contributed by atoms with Crippen molar-refractivity contribution in [2.75, 3.05) is 19.6 Å². The van der Waals surface area contributed by atoms with Gasteiger partial charge in [-0.3, -0.25) is 4.79 Å². The first-order valence-electron chi connectivity index (χ1n) is 5.86. The van der Waals surface area contributed by atoms with Crippen LogP contribution in [-0.2, 0) is 4.79 Å². The molecule has 1 aliphatic rings. The Morgan fingerprint density at radius 1 is 1.47 bits per heavy atom. The minimum absolute atomic E-state index is 0.0951. The maximum absolute atomic E-state index is 10.9. The lowest BCUT2D eigenvalue weighted by molar-refractivity contribution is -0.119. The van der Waals surface area contributed by atoms with Crippen LogP contribution in [0, 0.1) is 5.41 Å². The fourth-order valence-electron chi connectivity index (χ4n) is 1.93. The summed E-state index contributed by atoms with van der Waals surface area (Å²) < 4.78 is 0. The Morgan fingerprint density at radius 3 is 2.67 bits per heavy atom. The van der Waals surface area contributed by atoms with Gasteiger partial charge in [-0.15, -0.1) is 0 Å². The molecule has 1 atom stereocenters. The zero-order chi connectivity index (χ0) is 11.5. The highest BCUT2D eigenvalue weighted by Crippen LogP contribution is 2.20. The van der Waals surface area contributed by atoms with Crippen LogP contribution in [0.25, 0.3) is 0 Å². The van der Waals surface area contributed by atoms with E-state index in [4.69, 9.17) is 0 Å². The predicted octanol–water partition coefficient (Wildman–Crippen LogP) is 1.63. The summed E-state index contributed by atoms with van der Waals surface area (Å²) in [7, 11) is 0. The summed E-state index contributed by atoms with van der Waals surface area (Å²) in [6, 6.07) is 0.377.